The molecule has 0 aliphatic carbocycles. The topological polar surface area (TPSA) is 63.4 Å². The van der Waals surface area contributed by atoms with E-state index >= 15 is 0 Å². The third kappa shape index (κ3) is 3.56. The first kappa shape index (κ1) is 15.4. The van der Waals surface area contributed by atoms with Crippen LogP contribution in [0.15, 0.2) is 46.2 Å². The highest BCUT2D eigenvalue weighted by Gasteiger charge is 2.18. The Morgan fingerprint density at radius 3 is 2.52 bits per heavy atom. The molecule has 0 aromatic heterocycles. The second-order valence-electron chi connectivity index (χ2n) is 4.34. The lowest BCUT2D eigenvalue weighted by Gasteiger charge is -2.08. The molecule has 0 bridgehead atoms. The SMILES string of the molecule is C[C@H](O)c1ccc(Sc2cc(F)ccc2F)c([N+](=O)[O-])c1. The number of benzene rings is 2. The van der Waals surface area contributed by atoms with Crippen molar-refractivity contribution in [2.45, 2.75) is 22.8 Å². The average molecular weight is 311 g/mol. The van der Waals surface area contributed by atoms with Crippen molar-refractivity contribution in [2.75, 3.05) is 0 Å². The molecule has 0 spiro atoms. The molecule has 21 heavy (non-hydrogen) atoms. The Morgan fingerprint density at radius 2 is 1.90 bits per heavy atom. The van der Waals surface area contributed by atoms with Crippen molar-refractivity contribution in [3.8, 4) is 0 Å². The van der Waals surface area contributed by atoms with Gasteiger partial charge in [0.15, 0.2) is 0 Å². The van der Waals surface area contributed by atoms with Crippen LogP contribution in [-0.2, 0) is 0 Å². The van der Waals surface area contributed by atoms with Crippen LogP contribution in [0.5, 0.6) is 0 Å². The third-order valence-electron chi connectivity index (χ3n) is 2.78. The van der Waals surface area contributed by atoms with Crippen LogP contribution in [0.2, 0.25) is 0 Å². The van der Waals surface area contributed by atoms with Gasteiger partial charge in [-0.05, 0) is 36.8 Å². The highest BCUT2D eigenvalue weighted by atomic mass is 32.2. The minimum absolute atomic E-state index is 0.0390. The number of rotatable bonds is 4. The van der Waals surface area contributed by atoms with Crippen molar-refractivity contribution in [2.24, 2.45) is 0 Å². The zero-order valence-corrected chi connectivity index (χ0v) is 11.7. The van der Waals surface area contributed by atoms with Crippen LogP contribution in [0.25, 0.3) is 0 Å². The Morgan fingerprint density at radius 1 is 1.19 bits per heavy atom. The Kier molecular flexibility index (Phi) is 4.54. The molecular formula is C14H11F2NO3S. The van der Waals surface area contributed by atoms with Crippen LogP contribution < -0.4 is 0 Å². The number of hydrogen-bond acceptors (Lipinski definition) is 4. The van der Waals surface area contributed by atoms with Crippen LogP contribution in [0, 0.1) is 21.7 Å². The largest absolute Gasteiger partial charge is 0.389 e. The monoisotopic (exact) mass is 311 g/mol. The first-order valence-electron chi connectivity index (χ1n) is 5.98. The quantitative estimate of drug-likeness (QED) is 0.682. The van der Waals surface area contributed by atoms with Crippen LogP contribution in [0.1, 0.15) is 18.6 Å². The van der Waals surface area contributed by atoms with Gasteiger partial charge in [-0.15, -0.1) is 0 Å². The number of nitro benzene ring substituents is 1. The molecule has 0 aliphatic heterocycles. The van der Waals surface area contributed by atoms with Crippen LogP contribution in [0.4, 0.5) is 14.5 Å². The summed E-state index contributed by atoms with van der Waals surface area (Å²) in [6.45, 7) is 1.48. The fourth-order valence-corrected chi connectivity index (χ4v) is 2.65. The highest BCUT2D eigenvalue weighted by molar-refractivity contribution is 7.99. The number of aliphatic hydroxyl groups is 1. The summed E-state index contributed by atoms with van der Waals surface area (Å²) < 4.78 is 26.7. The summed E-state index contributed by atoms with van der Waals surface area (Å²) in [6, 6.07) is 7.07. The predicted octanol–water partition coefficient (Wildman–Crippen LogP) is 4.08. The number of hydrogen-bond donors (Lipinski definition) is 1. The molecule has 7 heteroatoms. The summed E-state index contributed by atoms with van der Waals surface area (Å²) in [5, 5.41) is 20.5. The van der Waals surface area contributed by atoms with E-state index in [1.54, 1.807) is 0 Å². The highest BCUT2D eigenvalue weighted by Crippen LogP contribution is 2.37. The van der Waals surface area contributed by atoms with E-state index in [9.17, 15) is 24.0 Å². The molecule has 2 rings (SSSR count). The number of nitrogens with zero attached hydrogens (tertiary/aromatic N) is 1. The molecule has 1 N–H and O–H groups in total. The van der Waals surface area contributed by atoms with Gasteiger partial charge in [0.1, 0.15) is 11.6 Å². The maximum absolute atomic E-state index is 13.6. The molecule has 0 unspecified atom stereocenters. The Balaban J connectivity index is 2.44. The molecular weight excluding hydrogens is 300 g/mol. The van der Waals surface area contributed by atoms with E-state index in [0.29, 0.717) is 5.56 Å². The summed E-state index contributed by atoms with van der Waals surface area (Å²) in [7, 11) is 0. The van der Waals surface area contributed by atoms with Gasteiger partial charge in [0, 0.05) is 6.07 Å². The normalized spacial score (nSPS) is 12.2. The van der Waals surface area contributed by atoms with Crippen molar-refractivity contribution in [1.82, 2.24) is 0 Å². The molecule has 0 heterocycles. The van der Waals surface area contributed by atoms with E-state index in [2.05, 4.69) is 0 Å². The zero-order valence-electron chi connectivity index (χ0n) is 10.9. The summed E-state index contributed by atoms with van der Waals surface area (Å²) >= 11 is 0.765. The van der Waals surface area contributed by atoms with Gasteiger partial charge < -0.3 is 5.11 Å². The fourth-order valence-electron chi connectivity index (χ4n) is 1.70. The van der Waals surface area contributed by atoms with E-state index in [1.807, 2.05) is 0 Å². The van der Waals surface area contributed by atoms with Crippen LogP contribution in [-0.4, -0.2) is 10.0 Å². The van der Waals surface area contributed by atoms with E-state index in [1.165, 1.54) is 25.1 Å². The summed E-state index contributed by atoms with van der Waals surface area (Å²) in [5.41, 5.74) is 0.118. The maximum Gasteiger partial charge on any atom is 0.283 e. The van der Waals surface area contributed by atoms with Gasteiger partial charge in [-0.3, -0.25) is 10.1 Å². The van der Waals surface area contributed by atoms with Crippen molar-refractivity contribution < 1.29 is 18.8 Å². The number of nitro groups is 1. The lowest BCUT2D eigenvalue weighted by molar-refractivity contribution is -0.387. The van der Waals surface area contributed by atoms with Crippen molar-refractivity contribution in [3.05, 3.63) is 63.7 Å². The van der Waals surface area contributed by atoms with Crippen LogP contribution >= 0.6 is 11.8 Å². The van der Waals surface area contributed by atoms with Crippen LogP contribution in [0.3, 0.4) is 0 Å². The lowest BCUT2D eigenvalue weighted by atomic mass is 10.1. The second kappa shape index (κ2) is 6.19. The maximum atomic E-state index is 13.6. The minimum Gasteiger partial charge on any atom is -0.389 e. The molecule has 0 amide bonds. The van der Waals surface area contributed by atoms with Gasteiger partial charge >= 0.3 is 0 Å². The molecule has 4 nitrogen and oxygen atoms in total. The first-order chi connectivity index (χ1) is 9.88. The molecule has 0 fully saturated rings. The molecule has 110 valence electrons. The van der Waals surface area contributed by atoms with E-state index in [0.717, 1.165) is 30.0 Å². The van der Waals surface area contributed by atoms with Gasteiger partial charge in [-0.2, -0.15) is 0 Å². The first-order valence-corrected chi connectivity index (χ1v) is 6.79. The molecule has 1 atom stereocenters. The number of halogens is 2. The van der Waals surface area contributed by atoms with Gasteiger partial charge in [0.05, 0.1) is 20.8 Å². The summed E-state index contributed by atoms with van der Waals surface area (Å²) in [4.78, 5) is 10.6. The zero-order chi connectivity index (χ0) is 15.6. The van der Waals surface area contributed by atoms with Gasteiger partial charge in [0.25, 0.3) is 5.69 Å². The van der Waals surface area contributed by atoms with Gasteiger partial charge in [-0.1, -0.05) is 17.8 Å². The third-order valence-corrected chi connectivity index (χ3v) is 3.87. The predicted molar refractivity (Wildman–Crippen MR) is 74.2 cm³/mol. The Labute approximate surface area is 123 Å². The Bertz CT molecular complexity index is 692. The average Bonchev–Trinajstić information content (AvgIpc) is 2.42. The summed E-state index contributed by atoms with van der Waals surface area (Å²) in [6.07, 6.45) is -0.853. The van der Waals surface area contributed by atoms with Crippen molar-refractivity contribution in [3.63, 3.8) is 0 Å². The van der Waals surface area contributed by atoms with E-state index in [4.69, 9.17) is 0 Å². The second-order valence-corrected chi connectivity index (χ2v) is 5.42. The van der Waals surface area contributed by atoms with Gasteiger partial charge in [0.2, 0.25) is 0 Å². The van der Waals surface area contributed by atoms with E-state index in [-0.39, 0.29) is 15.5 Å². The van der Waals surface area contributed by atoms with Crippen molar-refractivity contribution >= 4 is 17.4 Å². The molecule has 2 aromatic rings. The van der Waals surface area contributed by atoms with E-state index < -0.39 is 22.7 Å². The lowest BCUT2D eigenvalue weighted by Crippen LogP contribution is -1.96. The molecule has 0 saturated carbocycles. The minimum atomic E-state index is -0.853. The Hall–Kier alpha value is -1.99. The molecule has 2 aromatic carbocycles. The van der Waals surface area contributed by atoms with Gasteiger partial charge in [-0.25, -0.2) is 8.78 Å². The number of aliphatic hydroxyl groups excluding tert-OH is 1. The molecule has 0 radical (unpaired) electrons. The molecule has 0 aliphatic rings. The standard InChI is InChI=1S/C14H11F2NO3S/c1-8(18)9-2-5-13(12(6-9)17(19)20)21-14-7-10(15)3-4-11(14)16/h2-8,18H,1H3/t8-/m0/s1. The van der Waals surface area contributed by atoms with Crippen molar-refractivity contribution in [1.29, 1.82) is 0 Å². The fraction of sp³-hybridized carbons (Fsp3) is 0.143. The molecule has 0 saturated heterocycles. The smallest absolute Gasteiger partial charge is 0.283 e. The summed E-state index contributed by atoms with van der Waals surface area (Å²) in [5.74, 6) is -1.28.